The highest BCUT2D eigenvalue weighted by atomic mass is 16.2. The van der Waals surface area contributed by atoms with Crippen molar-refractivity contribution in [3.8, 4) is 0 Å². The summed E-state index contributed by atoms with van der Waals surface area (Å²) >= 11 is 0. The zero-order valence-corrected chi connectivity index (χ0v) is 9.74. The van der Waals surface area contributed by atoms with Gasteiger partial charge in [-0.25, -0.2) is 0 Å². The van der Waals surface area contributed by atoms with E-state index in [9.17, 15) is 9.59 Å². The topological polar surface area (TPSA) is 52.7 Å². The van der Waals surface area contributed by atoms with E-state index >= 15 is 0 Å². The fourth-order valence-electron chi connectivity index (χ4n) is 2.34. The van der Waals surface area contributed by atoms with E-state index < -0.39 is 0 Å². The molecular weight excluding hydrogens is 206 g/mol. The number of nitrogens with one attached hydrogen (secondary N) is 1. The lowest BCUT2D eigenvalue weighted by Crippen LogP contribution is -2.52. The standard InChI is InChI=1S/C11H19N3O2/c1-9-7-13(6-4-12-9)8-11(16)14-5-2-3-10(14)15/h9,12H,2-8H2,1H3/t9-/m0/s1. The molecule has 0 bridgehead atoms. The lowest BCUT2D eigenvalue weighted by atomic mass is 10.2. The molecule has 16 heavy (non-hydrogen) atoms. The third-order valence-electron chi connectivity index (χ3n) is 3.19. The molecule has 5 nitrogen and oxygen atoms in total. The number of amides is 2. The molecule has 0 spiro atoms. The highest BCUT2D eigenvalue weighted by Gasteiger charge is 2.28. The molecule has 2 heterocycles. The minimum absolute atomic E-state index is 0.00631. The van der Waals surface area contributed by atoms with Gasteiger partial charge in [-0.05, 0) is 13.3 Å². The predicted octanol–water partition coefficient (Wildman–Crippen LogP) is -0.571. The molecule has 0 aromatic heterocycles. The fraction of sp³-hybridized carbons (Fsp3) is 0.818. The van der Waals surface area contributed by atoms with E-state index in [1.165, 1.54) is 4.90 Å². The van der Waals surface area contributed by atoms with Gasteiger partial charge in [0.2, 0.25) is 11.8 Å². The van der Waals surface area contributed by atoms with Crippen LogP contribution in [-0.4, -0.2) is 60.4 Å². The SMILES string of the molecule is C[C@H]1CN(CC(=O)N2CCCC2=O)CCN1. The zero-order valence-electron chi connectivity index (χ0n) is 9.74. The van der Waals surface area contributed by atoms with Crippen LogP contribution in [0.25, 0.3) is 0 Å². The molecule has 0 saturated carbocycles. The van der Waals surface area contributed by atoms with Crippen molar-refractivity contribution in [2.45, 2.75) is 25.8 Å². The Hall–Kier alpha value is -0.940. The molecule has 0 aromatic carbocycles. The maximum Gasteiger partial charge on any atom is 0.243 e. The van der Waals surface area contributed by atoms with E-state index in [4.69, 9.17) is 0 Å². The summed E-state index contributed by atoms with van der Waals surface area (Å²) in [6.07, 6.45) is 1.35. The first-order valence-electron chi connectivity index (χ1n) is 5.96. The van der Waals surface area contributed by atoms with Gasteiger partial charge < -0.3 is 5.32 Å². The van der Waals surface area contributed by atoms with Crippen LogP contribution in [0.1, 0.15) is 19.8 Å². The summed E-state index contributed by atoms with van der Waals surface area (Å²) in [5, 5.41) is 3.33. The molecule has 1 N–H and O–H groups in total. The third kappa shape index (κ3) is 2.59. The van der Waals surface area contributed by atoms with Crippen LogP contribution < -0.4 is 5.32 Å². The second kappa shape index (κ2) is 4.93. The van der Waals surface area contributed by atoms with Gasteiger partial charge in [-0.3, -0.25) is 19.4 Å². The number of likely N-dealkylation sites (tertiary alicyclic amines) is 1. The molecular formula is C11H19N3O2. The molecule has 0 aliphatic carbocycles. The van der Waals surface area contributed by atoms with E-state index in [2.05, 4.69) is 17.1 Å². The van der Waals surface area contributed by atoms with Gasteiger partial charge in [0.15, 0.2) is 0 Å². The van der Waals surface area contributed by atoms with Crippen LogP contribution in [-0.2, 0) is 9.59 Å². The summed E-state index contributed by atoms with van der Waals surface area (Å²) in [6, 6.07) is 0.427. The van der Waals surface area contributed by atoms with Crippen LogP contribution in [0.3, 0.4) is 0 Å². The number of rotatable bonds is 2. The number of carbonyl (C=O) groups is 2. The van der Waals surface area contributed by atoms with Crippen molar-refractivity contribution in [2.24, 2.45) is 0 Å². The summed E-state index contributed by atoms with van der Waals surface area (Å²) in [5.74, 6) is -0.0372. The molecule has 1 atom stereocenters. The number of hydrogen-bond donors (Lipinski definition) is 1. The molecule has 90 valence electrons. The third-order valence-corrected chi connectivity index (χ3v) is 3.19. The lowest BCUT2D eigenvalue weighted by Gasteiger charge is -2.32. The van der Waals surface area contributed by atoms with Gasteiger partial charge >= 0.3 is 0 Å². The van der Waals surface area contributed by atoms with Crippen LogP contribution in [0, 0.1) is 0 Å². The number of carbonyl (C=O) groups excluding carboxylic acids is 2. The Kier molecular flexibility index (Phi) is 3.56. The molecule has 2 aliphatic heterocycles. The van der Waals surface area contributed by atoms with Crippen molar-refractivity contribution in [1.82, 2.24) is 15.1 Å². The van der Waals surface area contributed by atoms with E-state index in [-0.39, 0.29) is 11.8 Å². The van der Waals surface area contributed by atoms with E-state index in [1.807, 2.05) is 0 Å². The van der Waals surface area contributed by atoms with Gasteiger partial charge in [-0.2, -0.15) is 0 Å². The smallest absolute Gasteiger partial charge is 0.243 e. The molecule has 2 saturated heterocycles. The Morgan fingerprint density at radius 1 is 1.50 bits per heavy atom. The van der Waals surface area contributed by atoms with Gasteiger partial charge in [0, 0.05) is 38.6 Å². The average molecular weight is 225 g/mol. The molecule has 0 aromatic rings. The van der Waals surface area contributed by atoms with Crippen LogP contribution in [0.5, 0.6) is 0 Å². The van der Waals surface area contributed by atoms with E-state index in [0.29, 0.717) is 25.6 Å². The Labute approximate surface area is 95.8 Å². The monoisotopic (exact) mass is 225 g/mol. The van der Waals surface area contributed by atoms with Crippen molar-refractivity contribution in [3.05, 3.63) is 0 Å². The van der Waals surface area contributed by atoms with Gasteiger partial charge in [0.25, 0.3) is 0 Å². The van der Waals surface area contributed by atoms with Crippen molar-refractivity contribution < 1.29 is 9.59 Å². The van der Waals surface area contributed by atoms with Crippen LogP contribution in [0.2, 0.25) is 0 Å². The minimum atomic E-state index is -0.0309. The van der Waals surface area contributed by atoms with Crippen LogP contribution >= 0.6 is 0 Å². The van der Waals surface area contributed by atoms with Crippen molar-refractivity contribution in [1.29, 1.82) is 0 Å². The molecule has 0 radical (unpaired) electrons. The molecule has 0 unspecified atom stereocenters. The Balaban J connectivity index is 1.84. The summed E-state index contributed by atoms with van der Waals surface area (Å²) < 4.78 is 0. The second-order valence-corrected chi connectivity index (χ2v) is 4.63. The van der Waals surface area contributed by atoms with Crippen LogP contribution in [0.15, 0.2) is 0 Å². The Morgan fingerprint density at radius 3 is 2.94 bits per heavy atom. The first-order valence-corrected chi connectivity index (χ1v) is 5.96. The maximum atomic E-state index is 11.9. The summed E-state index contributed by atoms with van der Waals surface area (Å²) in [4.78, 5) is 26.8. The van der Waals surface area contributed by atoms with E-state index in [0.717, 1.165) is 26.1 Å². The maximum absolute atomic E-state index is 11.9. The fourth-order valence-corrected chi connectivity index (χ4v) is 2.34. The first kappa shape index (κ1) is 11.5. The molecule has 2 rings (SSSR count). The lowest BCUT2D eigenvalue weighted by molar-refractivity contribution is -0.142. The minimum Gasteiger partial charge on any atom is -0.312 e. The average Bonchev–Trinajstić information content (AvgIpc) is 2.64. The highest BCUT2D eigenvalue weighted by Crippen LogP contribution is 2.10. The van der Waals surface area contributed by atoms with Gasteiger partial charge in [0.05, 0.1) is 6.54 Å². The molecule has 2 fully saturated rings. The summed E-state index contributed by atoms with van der Waals surface area (Å²) in [7, 11) is 0. The van der Waals surface area contributed by atoms with Crippen molar-refractivity contribution >= 4 is 11.8 Å². The van der Waals surface area contributed by atoms with Gasteiger partial charge in [-0.15, -0.1) is 0 Å². The van der Waals surface area contributed by atoms with Crippen molar-refractivity contribution in [2.75, 3.05) is 32.7 Å². The highest BCUT2D eigenvalue weighted by molar-refractivity contribution is 5.97. The number of imide groups is 1. The molecule has 2 amide bonds. The summed E-state index contributed by atoms with van der Waals surface area (Å²) in [6.45, 7) is 5.79. The predicted molar refractivity (Wildman–Crippen MR) is 59.9 cm³/mol. The Morgan fingerprint density at radius 2 is 2.31 bits per heavy atom. The van der Waals surface area contributed by atoms with Crippen LogP contribution in [0.4, 0.5) is 0 Å². The molecule has 2 aliphatic rings. The summed E-state index contributed by atoms with van der Waals surface area (Å²) in [5.41, 5.74) is 0. The second-order valence-electron chi connectivity index (χ2n) is 4.63. The Bertz CT molecular complexity index is 293. The normalized spacial score (nSPS) is 27.4. The number of piperazine rings is 1. The molecule has 5 heteroatoms. The largest absolute Gasteiger partial charge is 0.312 e. The van der Waals surface area contributed by atoms with Crippen molar-refractivity contribution in [3.63, 3.8) is 0 Å². The zero-order chi connectivity index (χ0) is 11.5. The van der Waals surface area contributed by atoms with Gasteiger partial charge in [0.1, 0.15) is 0 Å². The number of nitrogens with zero attached hydrogens (tertiary/aromatic N) is 2. The van der Waals surface area contributed by atoms with E-state index in [1.54, 1.807) is 0 Å². The number of hydrogen-bond acceptors (Lipinski definition) is 4. The quantitative estimate of drug-likeness (QED) is 0.684. The van der Waals surface area contributed by atoms with Gasteiger partial charge in [-0.1, -0.05) is 0 Å². The first-order chi connectivity index (χ1) is 7.66.